The fourth-order valence-corrected chi connectivity index (χ4v) is 4.05. The van der Waals surface area contributed by atoms with Gasteiger partial charge in [-0.25, -0.2) is 0 Å². The van der Waals surface area contributed by atoms with Crippen molar-refractivity contribution in [1.82, 2.24) is 0 Å². The first-order valence-electron chi connectivity index (χ1n) is 8.10. The SMILES string of the molecule is CCC(C)(C)C1CCC(O)(C2(C#N)CCOCC2)CC1. The first-order valence-corrected chi connectivity index (χ1v) is 8.10. The molecule has 2 aliphatic rings. The Morgan fingerprint density at radius 3 is 2.20 bits per heavy atom. The van der Waals surface area contributed by atoms with E-state index in [-0.39, 0.29) is 0 Å². The van der Waals surface area contributed by atoms with Crippen molar-refractivity contribution in [2.24, 2.45) is 16.7 Å². The average Bonchev–Trinajstić information content (AvgIpc) is 2.48. The number of aliphatic hydroxyl groups is 1. The summed E-state index contributed by atoms with van der Waals surface area (Å²) in [7, 11) is 0. The fourth-order valence-electron chi connectivity index (χ4n) is 4.05. The highest BCUT2D eigenvalue weighted by molar-refractivity contribution is 5.13. The molecular weight excluding hydrogens is 250 g/mol. The molecule has 0 amide bonds. The smallest absolute Gasteiger partial charge is 0.0903 e. The highest BCUT2D eigenvalue weighted by Gasteiger charge is 2.53. The maximum absolute atomic E-state index is 11.1. The molecule has 0 aromatic carbocycles. The van der Waals surface area contributed by atoms with Crippen LogP contribution in [0.4, 0.5) is 0 Å². The van der Waals surface area contributed by atoms with Crippen LogP contribution in [0, 0.1) is 28.1 Å². The van der Waals surface area contributed by atoms with E-state index < -0.39 is 11.0 Å². The molecular formula is C17H29NO2. The largest absolute Gasteiger partial charge is 0.388 e. The lowest BCUT2D eigenvalue weighted by atomic mass is 9.58. The van der Waals surface area contributed by atoms with Crippen LogP contribution < -0.4 is 0 Å². The molecule has 114 valence electrons. The Morgan fingerprint density at radius 1 is 1.20 bits per heavy atom. The summed E-state index contributed by atoms with van der Waals surface area (Å²) in [6.07, 6.45) is 6.17. The lowest BCUT2D eigenvalue weighted by molar-refractivity contribution is -0.134. The number of rotatable bonds is 3. The third-order valence-electron chi connectivity index (χ3n) is 6.28. The van der Waals surface area contributed by atoms with Gasteiger partial charge in [-0.2, -0.15) is 5.26 Å². The van der Waals surface area contributed by atoms with E-state index >= 15 is 0 Å². The second-order valence-electron chi connectivity index (χ2n) is 7.45. The van der Waals surface area contributed by atoms with Crippen molar-refractivity contribution in [2.45, 2.75) is 71.3 Å². The Morgan fingerprint density at radius 2 is 1.75 bits per heavy atom. The van der Waals surface area contributed by atoms with Gasteiger partial charge in [0.05, 0.1) is 17.1 Å². The summed E-state index contributed by atoms with van der Waals surface area (Å²) in [5.74, 6) is 0.670. The molecule has 1 N–H and O–H groups in total. The minimum atomic E-state index is -0.800. The second kappa shape index (κ2) is 5.66. The zero-order chi connectivity index (χ0) is 14.9. The lowest BCUT2D eigenvalue weighted by Gasteiger charge is -2.50. The number of nitriles is 1. The highest BCUT2D eigenvalue weighted by atomic mass is 16.5. The van der Waals surface area contributed by atoms with Crippen molar-refractivity contribution in [3.8, 4) is 6.07 Å². The van der Waals surface area contributed by atoms with Crippen LogP contribution in [0.3, 0.4) is 0 Å². The molecule has 3 heteroatoms. The molecule has 0 aromatic rings. The Hall–Kier alpha value is -0.590. The molecule has 3 nitrogen and oxygen atoms in total. The first-order chi connectivity index (χ1) is 9.39. The van der Waals surface area contributed by atoms with E-state index in [0.29, 0.717) is 37.4 Å². The molecule has 0 bridgehead atoms. The van der Waals surface area contributed by atoms with Crippen LogP contribution in [-0.4, -0.2) is 23.9 Å². The number of nitrogens with zero attached hydrogens (tertiary/aromatic N) is 1. The van der Waals surface area contributed by atoms with Gasteiger partial charge in [0.15, 0.2) is 0 Å². The summed E-state index contributed by atoms with van der Waals surface area (Å²) in [4.78, 5) is 0. The molecule has 1 heterocycles. The molecule has 0 aromatic heterocycles. The lowest BCUT2D eigenvalue weighted by Crippen LogP contribution is -2.53. The molecule has 2 rings (SSSR count). The standard InChI is InChI=1S/C17H29NO2/c1-4-15(2,3)14-5-7-17(19,8-6-14)16(13-18)9-11-20-12-10-16/h14,19H,4-12H2,1-3H3. The molecule has 0 spiro atoms. The summed E-state index contributed by atoms with van der Waals surface area (Å²) in [5.41, 5.74) is -1.03. The van der Waals surface area contributed by atoms with Crippen LogP contribution in [0.15, 0.2) is 0 Å². The zero-order valence-electron chi connectivity index (χ0n) is 13.2. The van der Waals surface area contributed by atoms with Gasteiger partial charge in [-0.3, -0.25) is 0 Å². The van der Waals surface area contributed by atoms with Gasteiger partial charge in [-0.1, -0.05) is 27.2 Å². The second-order valence-corrected chi connectivity index (χ2v) is 7.45. The maximum Gasteiger partial charge on any atom is 0.0903 e. The average molecular weight is 279 g/mol. The van der Waals surface area contributed by atoms with E-state index in [9.17, 15) is 10.4 Å². The van der Waals surface area contributed by atoms with Gasteiger partial charge in [0.1, 0.15) is 0 Å². The third kappa shape index (κ3) is 2.61. The predicted octanol–water partition coefficient (Wildman–Crippen LogP) is 3.66. The summed E-state index contributed by atoms with van der Waals surface area (Å²) in [6.45, 7) is 8.13. The van der Waals surface area contributed by atoms with Crippen molar-refractivity contribution in [2.75, 3.05) is 13.2 Å². The van der Waals surface area contributed by atoms with Crippen molar-refractivity contribution in [3.63, 3.8) is 0 Å². The third-order valence-corrected chi connectivity index (χ3v) is 6.28. The zero-order valence-corrected chi connectivity index (χ0v) is 13.2. The highest BCUT2D eigenvalue weighted by Crippen LogP contribution is 2.52. The molecule has 0 unspecified atom stereocenters. The number of hydrogen-bond acceptors (Lipinski definition) is 3. The quantitative estimate of drug-likeness (QED) is 0.857. The van der Waals surface area contributed by atoms with Crippen LogP contribution >= 0.6 is 0 Å². The van der Waals surface area contributed by atoms with Crippen molar-refractivity contribution < 1.29 is 9.84 Å². The molecule has 2 fully saturated rings. The van der Waals surface area contributed by atoms with Crippen molar-refractivity contribution in [3.05, 3.63) is 0 Å². The molecule has 1 saturated heterocycles. The monoisotopic (exact) mass is 279 g/mol. The molecule has 1 aliphatic heterocycles. The maximum atomic E-state index is 11.1. The van der Waals surface area contributed by atoms with Gasteiger partial charge in [0.2, 0.25) is 0 Å². The number of ether oxygens (including phenoxy) is 1. The number of hydrogen-bond donors (Lipinski definition) is 1. The van der Waals surface area contributed by atoms with Crippen LogP contribution in [0.1, 0.15) is 65.7 Å². The molecule has 0 atom stereocenters. The van der Waals surface area contributed by atoms with Crippen LogP contribution in [0.5, 0.6) is 0 Å². The van der Waals surface area contributed by atoms with Crippen molar-refractivity contribution in [1.29, 1.82) is 5.26 Å². The van der Waals surface area contributed by atoms with Gasteiger partial charge < -0.3 is 9.84 Å². The topological polar surface area (TPSA) is 53.2 Å². The summed E-state index contributed by atoms with van der Waals surface area (Å²) < 4.78 is 5.39. The first kappa shape index (κ1) is 15.8. The van der Waals surface area contributed by atoms with Gasteiger partial charge in [0, 0.05) is 13.2 Å². The Labute approximate surface area is 123 Å². The minimum absolute atomic E-state index is 0.344. The van der Waals surface area contributed by atoms with E-state index in [4.69, 9.17) is 4.74 Å². The van der Waals surface area contributed by atoms with E-state index in [2.05, 4.69) is 26.8 Å². The van der Waals surface area contributed by atoms with Gasteiger partial charge >= 0.3 is 0 Å². The summed E-state index contributed by atoms with van der Waals surface area (Å²) >= 11 is 0. The normalized spacial score (nSPS) is 34.5. The molecule has 0 radical (unpaired) electrons. The summed E-state index contributed by atoms with van der Waals surface area (Å²) in [6, 6.07) is 2.47. The van der Waals surface area contributed by atoms with E-state index in [1.165, 1.54) is 6.42 Å². The Kier molecular flexibility index (Phi) is 4.47. The van der Waals surface area contributed by atoms with Crippen molar-refractivity contribution >= 4 is 0 Å². The van der Waals surface area contributed by atoms with E-state index in [0.717, 1.165) is 25.7 Å². The predicted molar refractivity (Wildman–Crippen MR) is 79.1 cm³/mol. The molecule has 1 saturated carbocycles. The summed E-state index contributed by atoms with van der Waals surface area (Å²) in [5, 5.41) is 20.8. The Bertz CT molecular complexity index is 369. The molecule has 20 heavy (non-hydrogen) atoms. The Balaban J connectivity index is 2.09. The van der Waals surface area contributed by atoms with Crippen LogP contribution in [0.2, 0.25) is 0 Å². The fraction of sp³-hybridized carbons (Fsp3) is 0.941. The molecule has 1 aliphatic carbocycles. The minimum Gasteiger partial charge on any atom is -0.388 e. The van der Waals surface area contributed by atoms with E-state index in [1.54, 1.807) is 0 Å². The van der Waals surface area contributed by atoms with E-state index in [1.807, 2.05) is 0 Å². The van der Waals surface area contributed by atoms with Crippen LogP contribution in [0.25, 0.3) is 0 Å². The van der Waals surface area contributed by atoms with Gasteiger partial charge in [-0.15, -0.1) is 0 Å². The van der Waals surface area contributed by atoms with Gasteiger partial charge in [0.25, 0.3) is 0 Å². The van der Waals surface area contributed by atoms with Crippen LogP contribution in [-0.2, 0) is 4.74 Å². The van der Waals surface area contributed by atoms with Gasteiger partial charge in [-0.05, 0) is 49.9 Å².